The SMILES string of the molecule is CCOc1ccc(/C=C/C2CCC(C)OC2)c(F)c1C(F)(F)F. The van der Waals surface area contributed by atoms with Crippen molar-refractivity contribution < 1.29 is 27.0 Å². The second-order valence-electron chi connectivity index (χ2n) is 5.61. The molecule has 6 heteroatoms. The molecule has 23 heavy (non-hydrogen) atoms. The molecule has 0 amide bonds. The summed E-state index contributed by atoms with van der Waals surface area (Å²) < 4.78 is 63.9. The minimum Gasteiger partial charge on any atom is -0.493 e. The molecule has 0 N–H and O–H groups in total. The summed E-state index contributed by atoms with van der Waals surface area (Å²) in [6, 6.07) is 2.47. The Kier molecular flexibility index (Phi) is 5.68. The van der Waals surface area contributed by atoms with E-state index in [1.807, 2.05) is 6.92 Å². The van der Waals surface area contributed by atoms with E-state index in [0.29, 0.717) is 6.61 Å². The number of benzene rings is 1. The number of ether oxygens (including phenoxy) is 2. The summed E-state index contributed by atoms with van der Waals surface area (Å²) in [5, 5.41) is 0. The summed E-state index contributed by atoms with van der Waals surface area (Å²) in [4.78, 5) is 0. The van der Waals surface area contributed by atoms with Crippen LogP contribution >= 0.6 is 0 Å². The van der Waals surface area contributed by atoms with Crippen LogP contribution in [0.15, 0.2) is 18.2 Å². The minimum atomic E-state index is -4.80. The minimum absolute atomic E-state index is 0.0370. The highest BCUT2D eigenvalue weighted by Gasteiger charge is 2.38. The van der Waals surface area contributed by atoms with E-state index in [1.165, 1.54) is 12.1 Å². The van der Waals surface area contributed by atoms with Gasteiger partial charge in [0.25, 0.3) is 0 Å². The number of hydrogen-bond donors (Lipinski definition) is 0. The van der Waals surface area contributed by atoms with Crippen molar-refractivity contribution in [3.05, 3.63) is 35.2 Å². The molecule has 1 aliphatic rings. The zero-order valence-corrected chi connectivity index (χ0v) is 13.1. The molecule has 0 saturated carbocycles. The highest BCUT2D eigenvalue weighted by Crippen LogP contribution is 2.39. The van der Waals surface area contributed by atoms with E-state index in [1.54, 1.807) is 13.0 Å². The Balaban J connectivity index is 2.26. The molecule has 2 rings (SSSR count). The molecule has 0 aliphatic carbocycles. The van der Waals surface area contributed by atoms with Gasteiger partial charge in [-0.1, -0.05) is 12.2 Å². The van der Waals surface area contributed by atoms with Gasteiger partial charge in [-0.15, -0.1) is 0 Å². The first-order valence-corrected chi connectivity index (χ1v) is 7.65. The Morgan fingerprint density at radius 2 is 2.04 bits per heavy atom. The molecule has 0 aromatic heterocycles. The fourth-order valence-corrected chi connectivity index (χ4v) is 2.54. The highest BCUT2D eigenvalue weighted by atomic mass is 19.4. The average Bonchev–Trinajstić information content (AvgIpc) is 2.47. The Bertz CT molecular complexity index is 558. The van der Waals surface area contributed by atoms with Crippen LogP contribution in [0.25, 0.3) is 6.08 Å². The van der Waals surface area contributed by atoms with Crippen LogP contribution in [0.3, 0.4) is 0 Å². The molecular weight excluding hydrogens is 312 g/mol. The van der Waals surface area contributed by atoms with Crippen LogP contribution in [-0.2, 0) is 10.9 Å². The Hall–Kier alpha value is -1.56. The maximum atomic E-state index is 14.3. The number of halogens is 4. The molecule has 1 aromatic rings. The van der Waals surface area contributed by atoms with Gasteiger partial charge in [0.15, 0.2) is 0 Å². The van der Waals surface area contributed by atoms with E-state index in [4.69, 9.17) is 9.47 Å². The molecule has 1 aromatic carbocycles. The van der Waals surface area contributed by atoms with Crippen molar-refractivity contribution in [2.75, 3.05) is 13.2 Å². The van der Waals surface area contributed by atoms with Gasteiger partial charge in [-0.3, -0.25) is 0 Å². The lowest BCUT2D eigenvalue weighted by Gasteiger charge is -2.24. The van der Waals surface area contributed by atoms with E-state index < -0.39 is 23.3 Å². The van der Waals surface area contributed by atoms with Gasteiger partial charge in [0, 0.05) is 11.5 Å². The molecule has 1 aliphatic heterocycles. The van der Waals surface area contributed by atoms with Crippen LogP contribution in [0.1, 0.15) is 37.8 Å². The number of alkyl halides is 3. The highest BCUT2D eigenvalue weighted by molar-refractivity contribution is 5.55. The second kappa shape index (κ2) is 7.34. The third-order valence-corrected chi connectivity index (χ3v) is 3.80. The Morgan fingerprint density at radius 1 is 1.30 bits per heavy atom. The lowest BCUT2D eigenvalue weighted by Crippen LogP contribution is -2.22. The van der Waals surface area contributed by atoms with Gasteiger partial charge in [-0.2, -0.15) is 13.2 Å². The predicted octanol–water partition coefficient (Wildman–Crippen LogP) is 5.07. The molecule has 0 bridgehead atoms. The van der Waals surface area contributed by atoms with Crippen molar-refractivity contribution in [1.82, 2.24) is 0 Å². The third kappa shape index (κ3) is 4.47. The van der Waals surface area contributed by atoms with Crippen LogP contribution in [-0.4, -0.2) is 19.3 Å². The molecule has 1 saturated heterocycles. The van der Waals surface area contributed by atoms with Crippen LogP contribution in [0, 0.1) is 11.7 Å². The van der Waals surface area contributed by atoms with Crippen LogP contribution in [0.2, 0.25) is 0 Å². The number of hydrogen-bond acceptors (Lipinski definition) is 2. The maximum Gasteiger partial charge on any atom is 0.422 e. The second-order valence-corrected chi connectivity index (χ2v) is 5.61. The largest absolute Gasteiger partial charge is 0.493 e. The Morgan fingerprint density at radius 3 is 2.61 bits per heavy atom. The van der Waals surface area contributed by atoms with Crippen LogP contribution in [0.5, 0.6) is 5.75 Å². The lowest BCUT2D eigenvalue weighted by molar-refractivity contribution is -0.141. The van der Waals surface area contributed by atoms with Gasteiger partial charge in [-0.05, 0) is 38.8 Å². The van der Waals surface area contributed by atoms with E-state index in [2.05, 4.69) is 0 Å². The number of rotatable bonds is 4. The van der Waals surface area contributed by atoms with E-state index >= 15 is 0 Å². The topological polar surface area (TPSA) is 18.5 Å². The zero-order chi connectivity index (χ0) is 17.0. The van der Waals surface area contributed by atoms with E-state index in [-0.39, 0.29) is 24.2 Å². The monoisotopic (exact) mass is 332 g/mol. The van der Waals surface area contributed by atoms with Crippen LogP contribution in [0.4, 0.5) is 17.6 Å². The molecule has 0 spiro atoms. The van der Waals surface area contributed by atoms with Gasteiger partial charge >= 0.3 is 6.18 Å². The fraction of sp³-hybridized carbons (Fsp3) is 0.529. The van der Waals surface area contributed by atoms with Crippen molar-refractivity contribution in [1.29, 1.82) is 0 Å². The van der Waals surface area contributed by atoms with Gasteiger partial charge in [0.2, 0.25) is 0 Å². The van der Waals surface area contributed by atoms with Gasteiger partial charge in [-0.25, -0.2) is 4.39 Å². The van der Waals surface area contributed by atoms with Crippen LogP contribution < -0.4 is 4.74 Å². The van der Waals surface area contributed by atoms with Gasteiger partial charge in [0.1, 0.15) is 17.1 Å². The first kappa shape index (κ1) is 17.8. The normalized spacial score (nSPS) is 22.5. The Labute approximate surface area is 133 Å². The van der Waals surface area contributed by atoms with Gasteiger partial charge in [0.05, 0.1) is 19.3 Å². The predicted molar refractivity (Wildman–Crippen MR) is 79.7 cm³/mol. The smallest absolute Gasteiger partial charge is 0.422 e. The summed E-state index contributed by atoms with van der Waals surface area (Å²) in [6.07, 6.45) is 0.257. The summed E-state index contributed by atoms with van der Waals surface area (Å²) in [5.41, 5.74) is -1.45. The molecule has 1 heterocycles. The maximum absolute atomic E-state index is 14.3. The van der Waals surface area contributed by atoms with E-state index in [0.717, 1.165) is 18.9 Å². The van der Waals surface area contributed by atoms with Crippen molar-refractivity contribution in [2.24, 2.45) is 5.92 Å². The first-order chi connectivity index (χ1) is 10.8. The fourth-order valence-electron chi connectivity index (χ4n) is 2.54. The zero-order valence-electron chi connectivity index (χ0n) is 13.1. The van der Waals surface area contributed by atoms with Crippen molar-refractivity contribution in [2.45, 2.75) is 39.0 Å². The molecule has 128 valence electrons. The summed E-state index contributed by atoms with van der Waals surface area (Å²) in [5.74, 6) is -1.69. The standard InChI is InChI=1S/C17H20F4O2/c1-3-22-14-9-8-13(16(18)15(14)17(19,20)21)7-6-12-5-4-11(2)23-10-12/h6-9,11-12H,3-5,10H2,1-2H3/b7-6+. The summed E-state index contributed by atoms with van der Waals surface area (Å²) in [7, 11) is 0. The quantitative estimate of drug-likeness (QED) is 0.717. The van der Waals surface area contributed by atoms with E-state index in [9.17, 15) is 17.6 Å². The first-order valence-electron chi connectivity index (χ1n) is 7.65. The van der Waals surface area contributed by atoms with Crippen molar-refractivity contribution in [3.8, 4) is 5.75 Å². The summed E-state index contributed by atoms with van der Waals surface area (Å²) >= 11 is 0. The third-order valence-electron chi connectivity index (χ3n) is 3.80. The van der Waals surface area contributed by atoms with Crippen molar-refractivity contribution in [3.63, 3.8) is 0 Å². The molecule has 1 fully saturated rings. The molecule has 2 unspecified atom stereocenters. The molecule has 0 radical (unpaired) electrons. The lowest BCUT2D eigenvalue weighted by atomic mass is 9.97. The molecule has 2 atom stereocenters. The van der Waals surface area contributed by atoms with Gasteiger partial charge < -0.3 is 9.47 Å². The van der Waals surface area contributed by atoms with Crippen molar-refractivity contribution >= 4 is 6.08 Å². The molecular formula is C17H20F4O2. The average molecular weight is 332 g/mol. The summed E-state index contributed by atoms with van der Waals surface area (Å²) in [6.45, 7) is 4.06. The molecule has 2 nitrogen and oxygen atoms in total.